The second kappa shape index (κ2) is 8.77. The number of hydrogen-bond donors (Lipinski definition) is 2. The monoisotopic (exact) mass is 505 g/mol. The van der Waals surface area contributed by atoms with Crippen molar-refractivity contribution in [2.75, 3.05) is 19.6 Å². The van der Waals surface area contributed by atoms with Gasteiger partial charge in [-0.05, 0) is 94.3 Å². The maximum atomic E-state index is 13.1. The van der Waals surface area contributed by atoms with Crippen molar-refractivity contribution < 1.29 is 4.79 Å². The molecule has 6 heterocycles. The van der Waals surface area contributed by atoms with Gasteiger partial charge in [0.1, 0.15) is 0 Å². The van der Waals surface area contributed by atoms with Gasteiger partial charge in [-0.2, -0.15) is 0 Å². The fourth-order valence-electron chi connectivity index (χ4n) is 7.09. The number of aromatic amines is 1. The molecule has 8 rings (SSSR count). The molecule has 6 nitrogen and oxygen atoms in total. The van der Waals surface area contributed by atoms with Gasteiger partial charge in [-0.3, -0.25) is 14.8 Å². The van der Waals surface area contributed by atoms with E-state index in [0.717, 1.165) is 90.7 Å². The molecule has 3 aromatic heterocycles. The number of H-pyrrole nitrogens is 1. The fraction of sp³-hybridized carbons (Fsp3) is 0.406. The largest absolute Gasteiger partial charge is 0.354 e. The van der Waals surface area contributed by atoms with Crippen LogP contribution in [0.2, 0.25) is 0 Å². The van der Waals surface area contributed by atoms with Crippen molar-refractivity contribution in [2.45, 2.75) is 57.9 Å². The van der Waals surface area contributed by atoms with Crippen LogP contribution in [-0.2, 0) is 4.79 Å². The number of aromatic nitrogens is 3. The number of likely N-dealkylation sites (tertiary alicyclic amines) is 1. The third kappa shape index (κ3) is 3.85. The summed E-state index contributed by atoms with van der Waals surface area (Å²) in [4.78, 5) is 28.2. The Bertz CT molecular complexity index is 1510. The van der Waals surface area contributed by atoms with Crippen LogP contribution in [0.4, 0.5) is 0 Å². The number of nitrogens with one attached hydrogen (secondary N) is 2. The summed E-state index contributed by atoms with van der Waals surface area (Å²) in [6.07, 6.45) is 6.06. The number of rotatable bonds is 4. The number of amides is 1. The van der Waals surface area contributed by atoms with Gasteiger partial charge in [0.15, 0.2) is 0 Å². The molecular weight excluding hydrogens is 470 g/mol. The van der Waals surface area contributed by atoms with Crippen LogP contribution >= 0.6 is 0 Å². The lowest BCUT2D eigenvalue weighted by molar-refractivity contribution is -0.141. The lowest BCUT2D eigenvalue weighted by atomic mass is 9.72. The Morgan fingerprint density at radius 2 is 1.68 bits per heavy atom. The first kappa shape index (κ1) is 23.6. The second-order valence-electron chi connectivity index (χ2n) is 11.8. The molecular formula is C32H35N5O. The maximum absolute atomic E-state index is 13.1. The number of benzene rings is 1. The molecule has 2 bridgehead atoms. The highest BCUT2D eigenvalue weighted by Gasteiger charge is 2.56. The van der Waals surface area contributed by atoms with E-state index in [1.165, 1.54) is 16.5 Å². The first-order valence-corrected chi connectivity index (χ1v) is 14.0. The molecule has 38 heavy (non-hydrogen) atoms. The van der Waals surface area contributed by atoms with Crippen LogP contribution in [0, 0.1) is 26.7 Å². The number of pyridine rings is 2. The predicted octanol–water partition coefficient (Wildman–Crippen LogP) is 5.68. The summed E-state index contributed by atoms with van der Waals surface area (Å²) in [5.41, 5.74) is 10.00. The summed E-state index contributed by atoms with van der Waals surface area (Å²) in [7, 11) is 0. The Morgan fingerprint density at radius 3 is 2.34 bits per heavy atom. The lowest BCUT2D eigenvalue weighted by Gasteiger charge is -2.42. The third-order valence-electron chi connectivity index (χ3n) is 9.16. The standard InChI is InChI=1S/C32H35N5O/c1-19-12-26(13-20(2)35-19)30-21(3)27-6-4-24(14-29(27)36-30)25-5-7-28(33-18-25)23-8-10-37(11-9-23)31(38)32-15-22(16-32)17-34-32/h4-7,12-14,18,22-23,34,36H,8-11,15-17H2,1-3H3. The zero-order chi connectivity index (χ0) is 26.0. The van der Waals surface area contributed by atoms with Gasteiger partial charge >= 0.3 is 0 Å². The molecule has 1 aliphatic carbocycles. The summed E-state index contributed by atoms with van der Waals surface area (Å²) in [5, 5.41) is 4.73. The molecule has 0 spiro atoms. The van der Waals surface area contributed by atoms with Gasteiger partial charge in [-0.1, -0.05) is 18.2 Å². The highest BCUT2D eigenvalue weighted by atomic mass is 16.2. The molecule has 0 unspecified atom stereocenters. The van der Waals surface area contributed by atoms with E-state index >= 15 is 0 Å². The van der Waals surface area contributed by atoms with Crippen molar-refractivity contribution in [3.8, 4) is 22.4 Å². The SMILES string of the molecule is Cc1cc(-c2[nH]c3cc(-c4ccc(C5CCN(C(=O)C67CC(CN6)C7)CC5)nc4)ccc3c2C)cc(C)n1. The summed E-state index contributed by atoms with van der Waals surface area (Å²) in [6.45, 7) is 8.95. The van der Waals surface area contributed by atoms with E-state index < -0.39 is 0 Å². The smallest absolute Gasteiger partial charge is 0.242 e. The molecule has 1 saturated carbocycles. The van der Waals surface area contributed by atoms with Gasteiger partial charge < -0.3 is 15.2 Å². The zero-order valence-corrected chi connectivity index (χ0v) is 22.5. The Labute approximate surface area is 223 Å². The van der Waals surface area contributed by atoms with Gasteiger partial charge in [-0.25, -0.2) is 0 Å². The Balaban J connectivity index is 1.07. The summed E-state index contributed by atoms with van der Waals surface area (Å²) in [5.74, 6) is 1.47. The van der Waals surface area contributed by atoms with E-state index in [0.29, 0.717) is 11.8 Å². The molecule has 4 fully saturated rings. The minimum absolute atomic E-state index is 0.229. The lowest BCUT2D eigenvalue weighted by Crippen LogP contribution is -2.58. The van der Waals surface area contributed by atoms with Crippen LogP contribution in [0.5, 0.6) is 0 Å². The van der Waals surface area contributed by atoms with Crippen molar-refractivity contribution >= 4 is 16.8 Å². The topological polar surface area (TPSA) is 73.9 Å². The molecule has 3 saturated heterocycles. The molecule has 6 heteroatoms. The molecule has 2 N–H and O–H groups in total. The first-order chi connectivity index (χ1) is 18.4. The minimum Gasteiger partial charge on any atom is -0.354 e. The summed E-state index contributed by atoms with van der Waals surface area (Å²) >= 11 is 0. The van der Waals surface area contributed by atoms with Crippen molar-refractivity contribution in [3.05, 3.63) is 71.3 Å². The number of aryl methyl sites for hydroxylation is 3. The van der Waals surface area contributed by atoms with Crippen LogP contribution in [0.15, 0.2) is 48.7 Å². The summed E-state index contributed by atoms with van der Waals surface area (Å²) < 4.78 is 0. The van der Waals surface area contributed by atoms with Crippen molar-refractivity contribution in [1.82, 2.24) is 25.2 Å². The van der Waals surface area contributed by atoms with E-state index in [-0.39, 0.29) is 5.54 Å². The highest BCUT2D eigenvalue weighted by Crippen LogP contribution is 2.45. The van der Waals surface area contributed by atoms with Crippen LogP contribution in [-0.4, -0.2) is 50.9 Å². The number of nitrogens with zero attached hydrogens (tertiary/aromatic N) is 3. The zero-order valence-electron chi connectivity index (χ0n) is 22.5. The van der Waals surface area contributed by atoms with E-state index in [9.17, 15) is 4.79 Å². The van der Waals surface area contributed by atoms with E-state index in [4.69, 9.17) is 4.98 Å². The van der Waals surface area contributed by atoms with Crippen molar-refractivity contribution in [2.24, 2.45) is 5.92 Å². The molecule has 0 radical (unpaired) electrons. The Hall–Kier alpha value is -3.51. The number of carbonyl (C=O) groups excluding carboxylic acids is 1. The highest BCUT2D eigenvalue weighted by molar-refractivity contribution is 5.93. The number of piperidine rings is 1. The fourth-order valence-corrected chi connectivity index (χ4v) is 7.09. The van der Waals surface area contributed by atoms with Gasteiger partial charge in [0, 0.05) is 70.0 Å². The van der Waals surface area contributed by atoms with Gasteiger partial charge in [0.25, 0.3) is 0 Å². The van der Waals surface area contributed by atoms with E-state index in [1.807, 2.05) is 20.0 Å². The maximum Gasteiger partial charge on any atom is 0.242 e. The van der Waals surface area contributed by atoms with Crippen LogP contribution in [0.25, 0.3) is 33.3 Å². The molecule has 1 aromatic carbocycles. The normalized spacial score (nSPS) is 23.1. The van der Waals surface area contributed by atoms with Crippen molar-refractivity contribution in [3.63, 3.8) is 0 Å². The number of hydrogen-bond acceptors (Lipinski definition) is 4. The summed E-state index contributed by atoms with van der Waals surface area (Å²) in [6, 6.07) is 15.3. The Morgan fingerprint density at radius 1 is 0.947 bits per heavy atom. The Kier molecular flexibility index (Phi) is 5.45. The predicted molar refractivity (Wildman–Crippen MR) is 151 cm³/mol. The molecule has 3 aliphatic heterocycles. The van der Waals surface area contributed by atoms with Gasteiger partial charge in [0.05, 0.1) is 5.54 Å². The molecule has 194 valence electrons. The minimum atomic E-state index is -0.229. The molecule has 4 aromatic rings. The second-order valence-corrected chi connectivity index (χ2v) is 11.8. The van der Waals surface area contributed by atoms with Gasteiger partial charge in [-0.15, -0.1) is 0 Å². The van der Waals surface area contributed by atoms with Crippen LogP contribution in [0.3, 0.4) is 0 Å². The third-order valence-corrected chi connectivity index (χ3v) is 9.16. The molecule has 0 atom stereocenters. The average Bonchev–Trinajstić information content (AvgIpc) is 3.62. The van der Waals surface area contributed by atoms with E-state index in [2.05, 4.69) is 69.6 Å². The average molecular weight is 506 g/mol. The van der Waals surface area contributed by atoms with E-state index in [1.54, 1.807) is 0 Å². The molecule has 1 amide bonds. The molecule has 4 aliphatic rings. The number of fused-ring (bicyclic) bond motifs is 2. The van der Waals surface area contributed by atoms with Crippen LogP contribution in [0.1, 0.15) is 54.2 Å². The quantitative estimate of drug-likeness (QED) is 0.375. The van der Waals surface area contributed by atoms with Gasteiger partial charge in [0.2, 0.25) is 5.91 Å². The van der Waals surface area contributed by atoms with Crippen molar-refractivity contribution in [1.29, 1.82) is 0 Å². The number of carbonyl (C=O) groups is 1. The van der Waals surface area contributed by atoms with Crippen LogP contribution < -0.4 is 5.32 Å². The first-order valence-electron chi connectivity index (χ1n) is 14.0.